The van der Waals surface area contributed by atoms with E-state index in [2.05, 4.69) is 15.2 Å². The van der Waals surface area contributed by atoms with E-state index in [9.17, 15) is 14.7 Å². The molecule has 9 heteroatoms. The van der Waals surface area contributed by atoms with Gasteiger partial charge in [0.05, 0.1) is 11.6 Å². The minimum atomic E-state index is -0.830. The molecule has 5 rings (SSSR count). The zero-order valence-corrected chi connectivity index (χ0v) is 20.3. The van der Waals surface area contributed by atoms with Crippen molar-refractivity contribution in [3.8, 4) is 0 Å². The molecule has 1 fully saturated rings. The van der Waals surface area contributed by atoms with Crippen LogP contribution in [-0.2, 0) is 15.3 Å². The molecule has 1 saturated heterocycles. The fourth-order valence-corrected chi connectivity index (χ4v) is 5.66. The fourth-order valence-electron chi connectivity index (χ4n) is 3.84. The number of amides is 1. The summed E-state index contributed by atoms with van der Waals surface area (Å²) in [5.41, 5.74) is 3.30. The van der Waals surface area contributed by atoms with Crippen molar-refractivity contribution in [2.75, 3.05) is 4.90 Å². The molecule has 4 aromatic rings. The van der Waals surface area contributed by atoms with Gasteiger partial charge in [-0.3, -0.25) is 19.5 Å². The normalized spacial score (nSPS) is 17.2. The van der Waals surface area contributed by atoms with Gasteiger partial charge in [-0.2, -0.15) is 0 Å². The first-order chi connectivity index (χ1) is 17.0. The number of Topliss-reactive ketones (excluding diaryl/α,β-unsaturated/α-hetero) is 1. The van der Waals surface area contributed by atoms with Gasteiger partial charge in [0, 0.05) is 23.7 Å². The van der Waals surface area contributed by atoms with Gasteiger partial charge in [0.15, 0.2) is 4.34 Å². The molecule has 0 radical (unpaired) electrons. The van der Waals surface area contributed by atoms with Crippen LogP contribution in [0.25, 0.3) is 5.76 Å². The van der Waals surface area contributed by atoms with Crippen LogP contribution in [-0.4, -0.2) is 32.0 Å². The van der Waals surface area contributed by atoms with E-state index < -0.39 is 17.7 Å². The van der Waals surface area contributed by atoms with Crippen molar-refractivity contribution in [3.05, 3.63) is 107 Å². The van der Waals surface area contributed by atoms with Crippen LogP contribution in [0.3, 0.4) is 0 Å². The Bertz CT molecular complexity index is 1400. The number of rotatable bonds is 6. The molecule has 35 heavy (non-hydrogen) atoms. The van der Waals surface area contributed by atoms with Gasteiger partial charge >= 0.3 is 5.91 Å². The molecule has 0 spiro atoms. The van der Waals surface area contributed by atoms with Gasteiger partial charge in [-0.25, -0.2) is 0 Å². The van der Waals surface area contributed by atoms with Gasteiger partial charge in [0.25, 0.3) is 5.78 Å². The van der Waals surface area contributed by atoms with E-state index in [0.29, 0.717) is 26.4 Å². The standard InChI is InChI=1S/C26H20N4O3S2/c1-16-7-9-18(10-8-16)21-20(22(31)19-11-13-27-14-12-19)23(32)24(33)30(21)25-28-29-26(35-25)34-15-17-5-3-2-4-6-17/h2-14,21,31H,15H2,1H3/b22-20+. The summed E-state index contributed by atoms with van der Waals surface area (Å²) in [7, 11) is 0. The van der Waals surface area contributed by atoms with E-state index in [1.807, 2.05) is 61.5 Å². The van der Waals surface area contributed by atoms with Crippen molar-refractivity contribution in [2.45, 2.75) is 23.1 Å². The summed E-state index contributed by atoms with van der Waals surface area (Å²) in [4.78, 5) is 31.7. The van der Waals surface area contributed by atoms with Gasteiger partial charge in [-0.1, -0.05) is 83.3 Å². The summed E-state index contributed by atoms with van der Waals surface area (Å²) in [5.74, 6) is -1.06. The SMILES string of the molecule is Cc1ccc(C2/C(=C(\O)c3ccncc3)C(=O)C(=O)N2c2nnc(SCc3ccccc3)s2)cc1. The number of pyridine rings is 1. The fraction of sp³-hybridized carbons (Fsp3) is 0.115. The number of hydrogen-bond donors (Lipinski definition) is 1. The van der Waals surface area contributed by atoms with E-state index in [4.69, 9.17) is 0 Å². The number of aliphatic hydroxyl groups excluding tert-OH is 1. The second kappa shape index (κ2) is 9.81. The van der Waals surface area contributed by atoms with Crippen molar-refractivity contribution in [2.24, 2.45) is 0 Å². The zero-order valence-electron chi connectivity index (χ0n) is 18.7. The largest absolute Gasteiger partial charge is 0.507 e. The molecule has 7 nitrogen and oxygen atoms in total. The Morgan fingerprint density at radius 3 is 2.43 bits per heavy atom. The lowest BCUT2D eigenvalue weighted by Crippen LogP contribution is -2.29. The molecular formula is C26H20N4O3S2. The van der Waals surface area contributed by atoms with Gasteiger partial charge in [0.2, 0.25) is 5.13 Å². The lowest BCUT2D eigenvalue weighted by molar-refractivity contribution is -0.132. The van der Waals surface area contributed by atoms with Gasteiger partial charge < -0.3 is 5.11 Å². The molecule has 1 N–H and O–H groups in total. The molecule has 1 aliphatic heterocycles. The Hall–Kier alpha value is -3.82. The summed E-state index contributed by atoms with van der Waals surface area (Å²) in [6.07, 6.45) is 3.04. The molecule has 3 heterocycles. The Labute approximate surface area is 210 Å². The van der Waals surface area contributed by atoms with Crippen LogP contribution in [0.1, 0.15) is 28.3 Å². The number of carbonyl (C=O) groups excluding carboxylic acids is 2. The number of benzene rings is 2. The number of carbonyl (C=O) groups is 2. The van der Waals surface area contributed by atoms with Crippen molar-refractivity contribution in [1.29, 1.82) is 0 Å². The summed E-state index contributed by atoms with van der Waals surface area (Å²) in [6, 6.07) is 19.9. The second-order valence-electron chi connectivity index (χ2n) is 7.94. The predicted octanol–water partition coefficient (Wildman–Crippen LogP) is 5.16. The minimum Gasteiger partial charge on any atom is -0.507 e. The highest BCUT2D eigenvalue weighted by atomic mass is 32.2. The highest BCUT2D eigenvalue weighted by Gasteiger charge is 2.48. The number of ketones is 1. The molecule has 1 amide bonds. The highest BCUT2D eigenvalue weighted by Crippen LogP contribution is 2.44. The van der Waals surface area contributed by atoms with Crippen molar-refractivity contribution >= 4 is 45.7 Å². The number of nitrogens with zero attached hydrogens (tertiary/aromatic N) is 4. The maximum Gasteiger partial charge on any atom is 0.301 e. The number of aromatic nitrogens is 3. The summed E-state index contributed by atoms with van der Waals surface area (Å²) in [6.45, 7) is 1.96. The Morgan fingerprint density at radius 2 is 1.71 bits per heavy atom. The first-order valence-corrected chi connectivity index (χ1v) is 12.6. The quantitative estimate of drug-likeness (QED) is 0.128. The van der Waals surface area contributed by atoms with Crippen LogP contribution in [0.15, 0.2) is 89.0 Å². The average molecular weight is 501 g/mol. The van der Waals surface area contributed by atoms with Crippen LogP contribution in [0.5, 0.6) is 0 Å². The number of aliphatic hydroxyl groups is 1. The first-order valence-electron chi connectivity index (χ1n) is 10.8. The third-order valence-electron chi connectivity index (χ3n) is 5.60. The maximum atomic E-state index is 13.2. The monoisotopic (exact) mass is 500 g/mol. The molecule has 0 saturated carbocycles. The number of anilines is 1. The minimum absolute atomic E-state index is 0.0127. The molecule has 2 aromatic carbocycles. The van der Waals surface area contributed by atoms with Crippen LogP contribution in [0.4, 0.5) is 5.13 Å². The molecule has 1 atom stereocenters. The van der Waals surface area contributed by atoms with Crippen LogP contribution in [0.2, 0.25) is 0 Å². The van der Waals surface area contributed by atoms with E-state index in [0.717, 1.165) is 11.1 Å². The van der Waals surface area contributed by atoms with E-state index in [-0.39, 0.29) is 11.3 Å². The lowest BCUT2D eigenvalue weighted by Gasteiger charge is -2.22. The van der Waals surface area contributed by atoms with Crippen molar-refractivity contribution in [1.82, 2.24) is 15.2 Å². The Kier molecular flexibility index (Phi) is 6.43. The van der Waals surface area contributed by atoms with Crippen LogP contribution in [0, 0.1) is 6.92 Å². The molecule has 0 aliphatic carbocycles. The summed E-state index contributed by atoms with van der Waals surface area (Å²) in [5, 5.41) is 19.9. The smallest absolute Gasteiger partial charge is 0.301 e. The Morgan fingerprint density at radius 1 is 1.00 bits per heavy atom. The summed E-state index contributed by atoms with van der Waals surface area (Å²) >= 11 is 2.76. The third-order valence-corrected chi connectivity index (χ3v) is 7.73. The van der Waals surface area contributed by atoms with E-state index in [1.165, 1.54) is 40.4 Å². The Balaban J connectivity index is 1.54. The van der Waals surface area contributed by atoms with Crippen molar-refractivity contribution in [3.63, 3.8) is 0 Å². The van der Waals surface area contributed by atoms with Crippen molar-refractivity contribution < 1.29 is 14.7 Å². The second-order valence-corrected chi connectivity index (χ2v) is 10.1. The molecular weight excluding hydrogens is 480 g/mol. The molecule has 1 aliphatic rings. The topological polar surface area (TPSA) is 96.3 Å². The molecule has 0 bridgehead atoms. The van der Waals surface area contributed by atoms with Crippen LogP contribution >= 0.6 is 23.1 Å². The van der Waals surface area contributed by atoms with E-state index in [1.54, 1.807) is 12.1 Å². The third kappa shape index (κ3) is 4.60. The van der Waals surface area contributed by atoms with E-state index >= 15 is 0 Å². The van der Waals surface area contributed by atoms with Gasteiger partial charge in [-0.15, -0.1) is 10.2 Å². The molecule has 174 valence electrons. The van der Waals surface area contributed by atoms with Crippen LogP contribution < -0.4 is 4.90 Å². The zero-order chi connectivity index (χ0) is 24.4. The molecule has 2 aromatic heterocycles. The number of aryl methyl sites for hydroxylation is 1. The van der Waals surface area contributed by atoms with Gasteiger partial charge in [0.1, 0.15) is 5.76 Å². The van der Waals surface area contributed by atoms with Gasteiger partial charge in [-0.05, 0) is 30.2 Å². The molecule has 1 unspecified atom stereocenters. The number of thioether (sulfide) groups is 1. The highest BCUT2D eigenvalue weighted by molar-refractivity contribution is 8.00. The summed E-state index contributed by atoms with van der Waals surface area (Å²) < 4.78 is 0.683. The average Bonchev–Trinajstić information content (AvgIpc) is 3.46. The lowest BCUT2D eigenvalue weighted by atomic mass is 9.95. The number of hydrogen-bond acceptors (Lipinski definition) is 8. The maximum absolute atomic E-state index is 13.2. The predicted molar refractivity (Wildman–Crippen MR) is 136 cm³/mol. The first kappa shape index (κ1) is 22.9.